The van der Waals surface area contributed by atoms with Crippen LogP contribution in [0.15, 0.2) is 77.0 Å². The van der Waals surface area contributed by atoms with Gasteiger partial charge in [-0.25, -0.2) is 4.68 Å². The number of nitrogens with zero attached hydrogens (tertiary/aromatic N) is 4. The van der Waals surface area contributed by atoms with Crippen LogP contribution in [-0.4, -0.2) is 16.1 Å². The topological polar surface area (TPSA) is 59.6 Å². The maximum absolute atomic E-state index is 11.2. The molecule has 1 heterocycles. The van der Waals surface area contributed by atoms with Crippen molar-refractivity contribution in [2.75, 3.05) is 0 Å². The fourth-order valence-corrected chi connectivity index (χ4v) is 1.89. The highest BCUT2D eigenvalue weighted by atomic mass is 16.1. The third-order valence-corrected chi connectivity index (χ3v) is 2.87. The first-order valence-electron chi connectivity index (χ1n) is 6.44. The zero-order chi connectivity index (χ0) is 14.5. The molecule has 0 unspecified atom stereocenters. The van der Waals surface area contributed by atoms with Gasteiger partial charge in [-0.15, -0.1) is 15.3 Å². The molecule has 0 fully saturated rings. The SMILES string of the molecule is O=Cc1cc(N=Nc2ccccc2)nn1-c1ccccc1. The molecule has 0 saturated heterocycles. The molecule has 3 rings (SSSR count). The van der Waals surface area contributed by atoms with Gasteiger partial charge in [-0.1, -0.05) is 36.4 Å². The second-order valence-corrected chi connectivity index (χ2v) is 4.33. The normalized spacial score (nSPS) is 10.9. The van der Waals surface area contributed by atoms with E-state index in [1.165, 1.54) is 0 Å². The van der Waals surface area contributed by atoms with E-state index in [4.69, 9.17) is 0 Å². The summed E-state index contributed by atoms with van der Waals surface area (Å²) < 4.78 is 1.55. The Morgan fingerprint density at radius 1 is 0.905 bits per heavy atom. The van der Waals surface area contributed by atoms with Crippen molar-refractivity contribution in [2.24, 2.45) is 10.2 Å². The number of aromatic nitrogens is 2. The van der Waals surface area contributed by atoms with Crippen LogP contribution in [0, 0.1) is 0 Å². The maximum Gasteiger partial charge on any atom is 0.196 e. The predicted octanol–water partition coefficient (Wildman–Crippen LogP) is 4.10. The number of para-hydroxylation sites is 1. The minimum Gasteiger partial charge on any atom is -0.296 e. The highest BCUT2D eigenvalue weighted by molar-refractivity contribution is 5.74. The van der Waals surface area contributed by atoms with Gasteiger partial charge >= 0.3 is 0 Å². The number of aldehydes is 1. The lowest BCUT2D eigenvalue weighted by atomic mass is 10.3. The molecule has 0 spiro atoms. The Hall–Kier alpha value is -3.08. The van der Waals surface area contributed by atoms with E-state index in [0.29, 0.717) is 11.5 Å². The molecule has 5 nitrogen and oxygen atoms in total. The van der Waals surface area contributed by atoms with Gasteiger partial charge in [-0.2, -0.15) is 0 Å². The summed E-state index contributed by atoms with van der Waals surface area (Å²) >= 11 is 0. The van der Waals surface area contributed by atoms with Crippen LogP contribution >= 0.6 is 0 Å². The molecular weight excluding hydrogens is 264 g/mol. The van der Waals surface area contributed by atoms with E-state index in [2.05, 4.69) is 15.3 Å². The predicted molar refractivity (Wildman–Crippen MR) is 79.6 cm³/mol. The quantitative estimate of drug-likeness (QED) is 0.532. The van der Waals surface area contributed by atoms with Crippen LogP contribution in [0.25, 0.3) is 5.69 Å². The Bertz CT molecular complexity index is 763. The van der Waals surface area contributed by atoms with E-state index >= 15 is 0 Å². The number of benzene rings is 2. The summed E-state index contributed by atoms with van der Waals surface area (Å²) in [4.78, 5) is 11.2. The fraction of sp³-hybridized carbons (Fsp3) is 0. The second kappa shape index (κ2) is 5.92. The molecule has 0 aliphatic heterocycles. The van der Waals surface area contributed by atoms with Crippen molar-refractivity contribution in [1.29, 1.82) is 0 Å². The number of rotatable bonds is 4. The van der Waals surface area contributed by atoms with Gasteiger partial charge in [0.15, 0.2) is 12.1 Å². The summed E-state index contributed by atoms with van der Waals surface area (Å²) in [5, 5.41) is 12.4. The molecule has 5 heteroatoms. The lowest BCUT2D eigenvalue weighted by molar-refractivity contribution is 0.111. The first kappa shape index (κ1) is 12.9. The summed E-state index contributed by atoms with van der Waals surface area (Å²) in [6.07, 6.45) is 0.752. The van der Waals surface area contributed by atoms with E-state index < -0.39 is 0 Å². The molecule has 0 atom stereocenters. The van der Waals surface area contributed by atoms with Gasteiger partial charge < -0.3 is 0 Å². The van der Waals surface area contributed by atoms with Crippen LogP contribution in [0.5, 0.6) is 0 Å². The van der Waals surface area contributed by atoms with Crippen LogP contribution in [-0.2, 0) is 0 Å². The summed E-state index contributed by atoms with van der Waals surface area (Å²) in [6, 6.07) is 20.4. The average Bonchev–Trinajstić information content (AvgIpc) is 2.98. The Morgan fingerprint density at radius 3 is 2.24 bits per heavy atom. The maximum atomic E-state index is 11.2. The van der Waals surface area contributed by atoms with Crippen molar-refractivity contribution in [1.82, 2.24) is 9.78 Å². The van der Waals surface area contributed by atoms with Gasteiger partial charge in [0.1, 0.15) is 5.69 Å². The molecule has 0 bridgehead atoms. The summed E-state index contributed by atoms with van der Waals surface area (Å²) in [5.41, 5.74) is 1.98. The van der Waals surface area contributed by atoms with Gasteiger partial charge in [-0.05, 0) is 24.3 Å². The molecular formula is C16H12N4O. The Morgan fingerprint density at radius 2 is 1.57 bits per heavy atom. The number of azo groups is 1. The molecule has 0 N–H and O–H groups in total. The Kier molecular flexibility index (Phi) is 3.64. The fourth-order valence-electron chi connectivity index (χ4n) is 1.89. The molecule has 0 amide bonds. The van der Waals surface area contributed by atoms with Crippen molar-refractivity contribution >= 4 is 17.8 Å². The molecule has 3 aromatic rings. The molecule has 0 saturated carbocycles. The zero-order valence-corrected chi connectivity index (χ0v) is 11.1. The van der Waals surface area contributed by atoms with Crippen molar-refractivity contribution in [3.05, 3.63) is 72.4 Å². The van der Waals surface area contributed by atoms with E-state index in [0.717, 1.165) is 17.7 Å². The van der Waals surface area contributed by atoms with E-state index in [1.54, 1.807) is 10.7 Å². The highest BCUT2D eigenvalue weighted by Crippen LogP contribution is 2.19. The molecule has 21 heavy (non-hydrogen) atoms. The molecule has 2 aromatic carbocycles. The van der Waals surface area contributed by atoms with Crippen molar-refractivity contribution in [3.63, 3.8) is 0 Å². The number of carbonyl (C=O) groups is 1. The Balaban J connectivity index is 1.93. The van der Waals surface area contributed by atoms with Crippen LogP contribution < -0.4 is 0 Å². The van der Waals surface area contributed by atoms with Gasteiger partial charge in [0, 0.05) is 6.07 Å². The van der Waals surface area contributed by atoms with Gasteiger partial charge in [0.25, 0.3) is 0 Å². The first-order valence-corrected chi connectivity index (χ1v) is 6.44. The third-order valence-electron chi connectivity index (χ3n) is 2.87. The number of carbonyl (C=O) groups excluding carboxylic acids is 1. The summed E-state index contributed by atoms with van der Waals surface area (Å²) in [6.45, 7) is 0. The molecule has 0 radical (unpaired) electrons. The Labute approximate surface area is 121 Å². The standard InChI is InChI=1S/C16H12N4O/c21-12-15-11-16(18-17-13-7-3-1-4-8-13)19-20(15)14-9-5-2-6-10-14/h1-12H. The van der Waals surface area contributed by atoms with E-state index in [1.807, 2.05) is 60.7 Å². The lowest BCUT2D eigenvalue weighted by Crippen LogP contribution is -2.00. The molecule has 0 aliphatic rings. The van der Waals surface area contributed by atoms with Gasteiger partial charge in [0.2, 0.25) is 0 Å². The molecule has 102 valence electrons. The average molecular weight is 276 g/mol. The van der Waals surface area contributed by atoms with E-state index in [9.17, 15) is 4.79 Å². The van der Waals surface area contributed by atoms with Gasteiger partial charge in [-0.3, -0.25) is 4.79 Å². The van der Waals surface area contributed by atoms with Crippen molar-refractivity contribution in [3.8, 4) is 5.69 Å². The smallest absolute Gasteiger partial charge is 0.196 e. The monoisotopic (exact) mass is 276 g/mol. The summed E-state index contributed by atoms with van der Waals surface area (Å²) in [7, 11) is 0. The van der Waals surface area contributed by atoms with Crippen LogP contribution in [0.3, 0.4) is 0 Å². The third kappa shape index (κ3) is 2.92. The van der Waals surface area contributed by atoms with Gasteiger partial charge in [0.05, 0.1) is 11.4 Å². The van der Waals surface area contributed by atoms with Crippen LogP contribution in [0.4, 0.5) is 11.5 Å². The minimum absolute atomic E-state index is 0.393. The molecule has 1 aromatic heterocycles. The number of hydrogen-bond donors (Lipinski definition) is 0. The highest BCUT2D eigenvalue weighted by Gasteiger charge is 2.08. The zero-order valence-electron chi connectivity index (χ0n) is 11.1. The minimum atomic E-state index is 0.393. The molecule has 0 aliphatic carbocycles. The largest absolute Gasteiger partial charge is 0.296 e. The van der Waals surface area contributed by atoms with E-state index in [-0.39, 0.29) is 0 Å². The number of hydrogen-bond acceptors (Lipinski definition) is 4. The van der Waals surface area contributed by atoms with Crippen LogP contribution in [0.1, 0.15) is 10.5 Å². The summed E-state index contributed by atoms with van der Waals surface area (Å²) in [5.74, 6) is 0.393. The lowest BCUT2D eigenvalue weighted by Gasteiger charge is -2.01. The van der Waals surface area contributed by atoms with Crippen molar-refractivity contribution < 1.29 is 4.79 Å². The first-order chi connectivity index (χ1) is 10.4. The van der Waals surface area contributed by atoms with Crippen LogP contribution in [0.2, 0.25) is 0 Å². The second-order valence-electron chi connectivity index (χ2n) is 4.33. The van der Waals surface area contributed by atoms with Crippen molar-refractivity contribution in [2.45, 2.75) is 0 Å².